The Morgan fingerprint density at radius 2 is 2.35 bits per heavy atom. The second kappa shape index (κ2) is 5.66. The third-order valence-corrected chi connectivity index (χ3v) is 3.93. The van der Waals surface area contributed by atoms with E-state index in [0.717, 1.165) is 25.7 Å². The molecule has 20 heavy (non-hydrogen) atoms. The van der Waals surface area contributed by atoms with Crippen LogP contribution in [-0.2, 0) is 0 Å². The van der Waals surface area contributed by atoms with Crippen molar-refractivity contribution >= 4 is 17.1 Å². The summed E-state index contributed by atoms with van der Waals surface area (Å²) in [5, 5.41) is 24.6. The Labute approximate surface area is 118 Å². The van der Waals surface area contributed by atoms with Crippen LogP contribution in [-0.4, -0.2) is 22.2 Å². The van der Waals surface area contributed by atoms with E-state index in [-0.39, 0.29) is 11.4 Å². The van der Waals surface area contributed by atoms with Gasteiger partial charge in [0.2, 0.25) is 0 Å². The molecule has 2 atom stereocenters. The van der Waals surface area contributed by atoms with Crippen LogP contribution in [0.1, 0.15) is 32.6 Å². The molecular weight excluding hydrogens is 258 g/mol. The summed E-state index contributed by atoms with van der Waals surface area (Å²) < 4.78 is 0. The fraction of sp³-hybridized carbons (Fsp3) is 0.571. The molecule has 0 aliphatic heterocycles. The van der Waals surface area contributed by atoms with Crippen molar-refractivity contribution in [2.75, 3.05) is 17.6 Å². The van der Waals surface area contributed by atoms with Crippen LogP contribution in [0.3, 0.4) is 0 Å². The Morgan fingerprint density at radius 1 is 1.60 bits per heavy atom. The number of nitro groups is 1. The van der Waals surface area contributed by atoms with Gasteiger partial charge in [-0.1, -0.05) is 25.8 Å². The van der Waals surface area contributed by atoms with Crippen molar-refractivity contribution in [3.63, 3.8) is 0 Å². The van der Waals surface area contributed by atoms with Crippen molar-refractivity contribution in [2.24, 2.45) is 5.92 Å². The van der Waals surface area contributed by atoms with Gasteiger partial charge in [0.1, 0.15) is 11.4 Å². The Hall–Kier alpha value is -1.82. The Bertz CT molecular complexity index is 506. The van der Waals surface area contributed by atoms with E-state index in [4.69, 9.17) is 5.73 Å². The average molecular weight is 279 g/mol. The molecule has 0 saturated heterocycles. The third-order valence-electron chi connectivity index (χ3n) is 3.93. The highest BCUT2D eigenvalue weighted by atomic mass is 16.6. The predicted octanol–water partition coefficient (Wildman–Crippen LogP) is 2.53. The molecule has 6 nitrogen and oxygen atoms in total. The maximum atomic E-state index is 11.0. The Kier molecular flexibility index (Phi) is 4.13. The highest BCUT2D eigenvalue weighted by molar-refractivity contribution is 5.74. The van der Waals surface area contributed by atoms with Gasteiger partial charge >= 0.3 is 5.69 Å². The lowest BCUT2D eigenvalue weighted by atomic mass is 9.79. The summed E-state index contributed by atoms with van der Waals surface area (Å²) in [6, 6.07) is 4.78. The number of nitrogens with two attached hydrogens (primary N) is 1. The zero-order valence-electron chi connectivity index (χ0n) is 11.6. The molecule has 0 amide bonds. The molecule has 110 valence electrons. The van der Waals surface area contributed by atoms with Crippen molar-refractivity contribution in [3.05, 3.63) is 28.3 Å². The van der Waals surface area contributed by atoms with Crippen LogP contribution >= 0.6 is 0 Å². The summed E-state index contributed by atoms with van der Waals surface area (Å²) in [5.74, 6) is 0.478. The lowest BCUT2D eigenvalue weighted by Crippen LogP contribution is -2.41. The van der Waals surface area contributed by atoms with Gasteiger partial charge in [-0.3, -0.25) is 10.1 Å². The van der Waals surface area contributed by atoms with Crippen LogP contribution in [0.4, 0.5) is 17.1 Å². The van der Waals surface area contributed by atoms with Gasteiger partial charge in [-0.2, -0.15) is 0 Å². The normalized spacial score (nSPS) is 26.2. The topological polar surface area (TPSA) is 101 Å². The van der Waals surface area contributed by atoms with Crippen molar-refractivity contribution in [3.8, 4) is 0 Å². The van der Waals surface area contributed by atoms with E-state index >= 15 is 0 Å². The summed E-state index contributed by atoms with van der Waals surface area (Å²) in [6.45, 7) is 2.43. The quantitative estimate of drug-likeness (QED) is 0.446. The molecule has 1 saturated carbocycles. The van der Waals surface area contributed by atoms with E-state index in [1.807, 2.05) is 0 Å². The van der Waals surface area contributed by atoms with Crippen LogP contribution in [0.5, 0.6) is 0 Å². The SMILES string of the molecule is CC1CCCC(O)(CNc2cccc(N)c2[N+](=O)[O-])C1. The molecule has 0 aromatic heterocycles. The zero-order valence-corrected chi connectivity index (χ0v) is 11.6. The van der Waals surface area contributed by atoms with E-state index < -0.39 is 10.5 Å². The monoisotopic (exact) mass is 279 g/mol. The number of aliphatic hydroxyl groups is 1. The van der Waals surface area contributed by atoms with Crippen LogP contribution in [0, 0.1) is 16.0 Å². The van der Waals surface area contributed by atoms with Crippen LogP contribution in [0.25, 0.3) is 0 Å². The molecule has 1 fully saturated rings. The molecule has 0 spiro atoms. The van der Waals surface area contributed by atoms with E-state index in [2.05, 4.69) is 12.2 Å². The first-order valence-electron chi connectivity index (χ1n) is 6.90. The summed E-state index contributed by atoms with van der Waals surface area (Å²) in [4.78, 5) is 10.6. The van der Waals surface area contributed by atoms with E-state index in [1.54, 1.807) is 12.1 Å². The smallest absolute Gasteiger partial charge is 0.314 e. The van der Waals surface area contributed by atoms with E-state index in [0.29, 0.717) is 18.2 Å². The Balaban J connectivity index is 2.11. The van der Waals surface area contributed by atoms with Crippen LogP contribution < -0.4 is 11.1 Å². The standard InChI is InChI=1S/C14H21N3O3/c1-10-4-3-7-14(18,8-10)9-16-12-6-2-5-11(15)13(12)17(19)20/h2,5-6,10,16,18H,3-4,7-9,15H2,1H3. The molecule has 2 unspecified atom stereocenters. The lowest BCUT2D eigenvalue weighted by Gasteiger charge is -2.35. The van der Waals surface area contributed by atoms with Gasteiger partial charge in [0.15, 0.2) is 0 Å². The van der Waals surface area contributed by atoms with E-state index in [9.17, 15) is 15.2 Å². The number of anilines is 2. The molecule has 0 radical (unpaired) electrons. The molecule has 0 heterocycles. The molecular formula is C14H21N3O3. The number of hydrogen-bond donors (Lipinski definition) is 3. The molecule has 6 heteroatoms. The first-order valence-corrected chi connectivity index (χ1v) is 6.90. The van der Waals surface area contributed by atoms with Crippen molar-refractivity contribution in [2.45, 2.75) is 38.2 Å². The van der Waals surface area contributed by atoms with Crippen molar-refractivity contribution in [1.29, 1.82) is 0 Å². The fourth-order valence-corrected chi connectivity index (χ4v) is 2.96. The number of hydrogen-bond acceptors (Lipinski definition) is 5. The lowest BCUT2D eigenvalue weighted by molar-refractivity contribution is -0.383. The second-order valence-corrected chi connectivity index (χ2v) is 5.78. The van der Waals surface area contributed by atoms with Gasteiger partial charge in [-0.05, 0) is 30.9 Å². The van der Waals surface area contributed by atoms with Crippen molar-refractivity contribution in [1.82, 2.24) is 0 Å². The van der Waals surface area contributed by atoms with Gasteiger partial charge in [0, 0.05) is 6.54 Å². The Morgan fingerprint density at radius 3 is 3.00 bits per heavy atom. The molecule has 2 rings (SSSR count). The summed E-state index contributed by atoms with van der Waals surface area (Å²) in [7, 11) is 0. The zero-order chi connectivity index (χ0) is 14.8. The predicted molar refractivity (Wildman–Crippen MR) is 78.6 cm³/mol. The number of para-hydroxylation sites is 1. The first-order chi connectivity index (χ1) is 9.41. The number of nitro benzene ring substituents is 1. The molecule has 0 bridgehead atoms. The number of nitrogens with one attached hydrogen (secondary N) is 1. The number of nitrogens with zero attached hydrogens (tertiary/aromatic N) is 1. The van der Waals surface area contributed by atoms with Gasteiger partial charge in [-0.25, -0.2) is 0 Å². The number of nitrogen functional groups attached to an aromatic ring is 1. The molecule has 1 aromatic rings. The van der Waals surface area contributed by atoms with Crippen molar-refractivity contribution < 1.29 is 10.0 Å². The highest BCUT2D eigenvalue weighted by Crippen LogP contribution is 2.34. The average Bonchev–Trinajstić information content (AvgIpc) is 2.35. The largest absolute Gasteiger partial charge is 0.393 e. The maximum absolute atomic E-state index is 11.0. The summed E-state index contributed by atoms with van der Waals surface area (Å²) >= 11 is 0. The van der Waals surface area contributed by atoms with Gasteiger partial charge in [0.25, 0.3) is 0 Å². The fourth-order valence-electron chi connectivity index (χ4n) is 2.96. The highest BCUT2D eigenvalue weighted by Gasteiger charge is 2.33. The third kappa shape index (κ3) is 3.19. The van der Waals surface area contributed by atoms with Gasteiger partial charge in [0.05, 0.1) is 10.5 Å². The van der Waals surface area contributed by atoms with Crippen LogP contribution in [0.15, 0.2) is 18.2 Å². The van der Waals surface area contributed by atoms with Gasteiger partial charge in [-0.15, -0.1) is 0 Å². The summed E-state index contributed by atoms with van der Waals surface area (Å²) in [6.07, 6.45) is 3.55. The first kappa shape index (κ1) is 14.6. The maximum Gasteiger partial charge on any atom is 0.314 e. The summed E-state index contributed by atoms with van der Waals surface area (Å²) in [5.41, 5.74) is 5.21. The van der Waals surface area contributed by atoms with Gasteiger partial charge < -0.3 is 16.2 Å². The molecule has 1 aromatic carbocycles. The molecule has 4 N–H and O–H groups in total. The molecule has 1 aliphatic rings. The minimum absolute atomic E-state index is 0.125. The minimum atomic E-state index is -0.795. The van der Waals surface area contributed by atoms with Crippen LogP contribution in [0.2, 0.25) is 0 Å². The second-order valence-electron chi connectivity index (χ2n) is 5.78. The minimum Gasteiger partial charge on any atom is -0.393 e. The van der Waals surface area contributed by atoms with E-state index in [1.165, 1.54) is 6.07 Å². The number of benzene rings is 1. The molecule has 1 aliphatic carbocycles. The number of rotatable bonds is 4.